The zero-order chi connectivity index (χ0) is 24.0. The largest absolute Gasteiger partial charge is 0.392 e. The first-order chi connectivity index (χ1) is 16.3. The van der Waals surface area contributed by atoms with E-state index in [9.17, 15) is 19.1 Å². The van der Waals surface area contributed by atoms with Gasteiger partial charge in [0.25, 0.3) is 5.91 Å². The summed E-state index contributed by atoms with van der Waals surface area (Å²) < 4.78 is 13.3. The molecule has 1 N–H and O–H groups in total. The van der Waals surface area contributed by atoms with Gasteiger partial charge < -0.3 is 10.0 Å². The first-order valence-electron chi connectivity index (χ1n) is 11.5. The molecule has 1 spiro atoms. The molecule has 1 aliphatic carbocycles. The molecule has 2 atom stereocenters. The number of ketones is 1. The molecule has 174 valence electrons. The van der Waals surface area contributed by atoms with Crippen LogP contribution in [-0.2, 0) is 4.79 Å². The maximum atomic E-state index is 13.3. The summed E-state index contributed by atoms with van der Waals surface area (Å²) in [6, 6.07) is 16.0. The number of hydrogen-bond donors (Lipinski definition) is 1. The Hall–Kier alpha value is -3.38. The Morgan fingerprint density at radius 1 is 1.09 bits per heavy atom. The van der Waals surface area contributed by atoms with E-state index in [2.05, 4.69) is 4.98 Å². The van der Waals surface area contributed by atoms with Crippen LogP contribution in [0.25, 0.3) is 11.3 Å². The van der Waals surface area contributed by atoms with Gasteiger partial charge in [0.2, 0.25) is 0 Å². The molecule has 2 unspecified atom stereocenters. The third kappa shape index (κ3) is 3.92. The Morgan fingerprint density at radius 2 is 1.76 bits per heavy atom. The normalized spacial score (nSPS) is 21.4. The number of amides is 1. The Bertz CT molecular complexity index is 1230. The fourth-order valence-electron chi connectivity index (χ4n) is 5.75. The van der Waals surface area contributed by atoms with Gasteiger partial charge >= 0.3 is 0 Å². The van der Waals surface area contributed by atoms with Gasteiger partial charge in [-0.3, -0.25) is 14.6 Å². The summed E-state index contributed by atoms with van der Waals surface area (Å²) in [5.74, 6) is -0.991. The highest BCUT2D eigenvalue weighted by Crippen LogP contribution is 2.48. The minimum atomic E-state index is -0.803. The van der Waals surface area contributed by atoms with Crippen LogP contribution >= 0.6 is 0 Å². The molecule has 0 bridgehead atoms. The van der Waals surface area contributed by atoms with Crippen molar-refractivity contribution < 1.29 is 19.1 Å². The lowest BCUT2D eigenvalue weighted by Gasteiger charge is -2.54. The third-order valence-corrected chi connectivity index (χ3v) is 7.21. The van der Waals surface area contributed by atoms with Crippen molar-refractivity contribution >= 4 is 11.7 Å². The number of pyridine rings is 1. The number of nitrogens with zero attached hydrogens (tertiary/aromatic N) is 2. The molecule has 5 rings (SSSR count). The number of benzene rings is 2. The second kappa shape index (κ2) is 8.44. The number of aliphatic hydroxyl groups excluding tert-OH is 1. The van der Waals surface area contributed by atoms with Gasteiger partial charge in [-0.15, -0.1) is 0 Å². The van der Waals surface area contributed by atoms with E-state index in [1.807, 2.05) is 44.2 Å². The predicted octanol–water partition coefficient (Wildman–Crippen LogP) is 4.45. The number of aromatic nitrogens is 1. The van der Waals surface area contributed by atoms with Crippen LogP contribution < -0.4 is 0 Å². The van der Waals surface area contributed by atoms with Crippen LogP contribution in [0.4, 0.5) is 4.39 Å². The van der Waals surface area contributed by atoms with Crippen molar-refractivity contribution in [2.24, 2.45) is 5.41 Å². The minimum absolute atomic E-state index is 0.0180. The van der Waals surface area contributed by atoms with Crippen LogP contribution in [0.2, 0.25) is 0 Å². The number of carbonyl (C=O) groups excluding carboxylic acids is 2. The molecule has 2 aliphatic rings. The molecule has 1 aliphatic heterocycles. The summed E-state index contributed by atoms with van der Waals surface area (Å²) in [5.41, 5.74) is 4.47. The van der Waals surface area contributed by atoms with E-state index in [0.717, 1.165) is 22.3 Å². The van der Waals surface area contributed by atoms with Gasteiger partial charge in [0.05, 0.1) is 23.9 Å². The van der Waals surface area contributed by atoms with E-state index in [0.29, 0.717) is 37.2 Å². The zero-order valence-corrected chi connectivity index (χ0v) is 19.3. The fraction of sp³-hybridized carbons (Fsp3) is 0.321. The van der Waals surface area contributed by atoms with Crippen molar-refractivity contribution in [1.29, 1.82) is 0 Å². The van der Waals surface area contributed by atoms with E-state index in [1.54, 1.807) is 23.1 Å². The van der Waals surface area contributed by atoms with E-state index in [4.69, 9.17) is 0 Å². The van der Waals surface area contributed by atoms with Gasteiger partial charge in [-0.05, 0) is 73.4 Å². The van der Waals surface area contributed by atoms with Crippen molar-refractivity contribution in [1.82, 2.24) is 9.88 Å². The van der Waals surface area contributed by atoms with Gasteiger partial charge in [0.1, 0.15) is 11.6 Å². The Balaban J connectivity index is 1.34. The molecule has 34 heavy (non-hydrogen) atoms. The fourth-order valence-corrected chi connectivity index (χ4v) is 5.75. The average Bonchev–Trinajstić information content (AvgIpc) is 2.79. The van der Waals surface area contributed by atoms with E-state index < -0.39 is 17.8 Å². The standard InChI is InChI=1S/C28H27FN2O3/c1-17-10-20(22-9-8-21(29)14-30-22)11-18(2)25(17)26-23(32)12-28(13-24(26)33)15-31(16-28)27(34)19-6-4-3-5-7-19/h3-11,14,23,26,32H,12-13,15-16H2,1-2H3. The van der Waals surface area contributed by atoms with E-state index in [-0.39, 0.29) is 17.1 Å². The van der Waals surface area contributed by atoms with Crippen molar-refractivity contribution in [2.75, 3.05) is 13.1 Å². The van der Waals surface area contributed by atoms with Gasteiger partial charge in [0.15, 0.2) is 0 Å². The second-order valence-electron chi connectivity index (χ2n) is 9.80. The highest BCUT2D eigenvalue weighted by Gasteiger charge is 2.53. The van der Waals surface area contributed by atoms with Crippen molar-refractivity contribution in [3.05, 3.63) is 88.9 Å². The number of likely N-dealkylation sites (tertiary alicyclic amines) is 1. The van der Waals surface area contributed by atoms with Crippen molar-refractivity contribution in [3.8, 4) is 11.3 Å². The summed E-state index contributed by atoms with van der Waals surface area (Å²) in [5, 5.41) is 11.1. The molecule has 1 saturated carbocycles. The molecule has 2 heterocycles. The molecule has 3 aromatic rings. The van der Waals surface area contributed by atoms with E-state index in [1.165, 1.54) is 12.3 Å². The molecule has 0 radical (unpaired) electrons. The van der Waals surface area contributed by atoms with Crippen LogP contribution in [0.15, 0.2) is 60.8 Å². The predicted molar refractivity (Wildman–Crippen MR) is 127 cm³/mol. The Morgan fingerprint density at radius 3 is 2.35 bits per heavy atom. The van der Waals surface area contributed by atoms with Crippen LogP contribution in [0.3, 0.4) is 0 Å². The number of halogens is 1. The first-order valence-corrected chi connectivity index (χ1v) is 11.5. The van der Waals surface area contributed by atoms with Crippen molar-refractivity contribution in [3.63, 3.8) is 0 Å². The monoisotopic (exact) mass is 458 g/mol. The number of rotatable bonds is 3. The highest BCUT2D eigenvalue weighted by molar-refractivity contribution is 5.95. The quantitative estimate of drug-likeness (QED) is 0.629. The summed E-state index contributed by atoms with van der Waals surface area (Å²) >= 11 is 0. The Labute approximate surface area is 198 Å². The lowest BCUT2D eigenvalue weighted by atomic mass is 9.62. The van der Waals surface area contributed by atoms with Crippen LogP contribution in [0, 0.1) is 25.1 Å². The average molecular weight is 459 g/mol. The molecule has 1 saturated heterocycles. The molecule has 2 fully saturated rings. The summed E-state index contributed by atoms with van der Waals surface area (Å²) in [6.07, 6.45) is 1.23. The van der Waals surface area contributed by atoms with Gasteiger partial charge in [0, 0.05) is 36.1 Å². The molecule has 2 aromatic carbocycles. The van der Waals surface area contributed by atoms with Crippen LogP contribution in [-0.4, -0.2) is 45.9 Å². The molecule has 5 nitrogen and oxygen atoms in total. The molecular formula is C28H27FN2O3. The lowest BCUT2D eigenvalue weighted by Crippen LogP contribution is -2.62. The first kappa shape index (κ1) is 22.4. The zero-order valence-electron chi connectivity index (χ0n) is 19.3. The topological polar surface area (TPSA) is 70.5 Å². The SMILES string of the molecule is Cc1cc(-c2ccc(F)cn2)cc(C)c1C1C(=O)CC2(CC1O)CN(C(=O)c1ccccc1)C2. The lowest BCUT2D eigenvalue weighted by molar-refractivity contribution is -0.137. The maximum absolute atomic E-state index is 13.3. The Kier molecular flexibility index (Phi) is 5.56. The van der Waals surface area contributed by atoms with Crippen LogP contribution in [0.1, 0.15) is 45.8 Å². The smallest absolute Gasteiger partial charge is 0.253 e. The van der Waals surface area contributed by atoms with Gasteiger partial charge in [-0.1, -0.05) is 18.2 Å². The molecule has 6 heteroatoms. The summed E-state index contributed by atoms with van der Waals surface area (Å²) in [6.45, 7) is 4.85. The van der Waals surface area contributed by atoms with Gasteiger partial charge in [-0.25, -0.2) is 4.39 Å². The number of hydrogen-bond acceptors (Lipinski definition) is 4. The summed E-state index contributed by atoms with van der Waals surface area (Å²) in [7, 11) is 0. The number of aliphatic hydroxyl groups is 1. The van der Waals surface area contributed by atoms with Crippen LogP contribution in [0.5, 0.6) is 0 Å². The highest BCUT2D eigenvalue weighted by atomic mass is 19.1. The van der Waals surface area contributed by atoms with E-state index >= 15 is 0 Å². The minimum Gasteiger partial charge on any atom is -0.392 e. The van der Waals surface area contributed by atoms with Crippen molar-refractivity contribution in [2.45, 2.75) is 38.7 Å². The molecule has 1 aromatic heterocycles. The summed E-state index contributed by atoms with van der Waals surface area (Å²) in [4.78, 5) is 32.0. The third-order valence-electron chi connectivity index (χ3n) is 7.21. The molecular weight excluding hydrogens is 431 g/mol. The second-order valence-corrected chi connectivity index (χ2v) is 9.80. The number of Topliss-reactive ketones (excluding diaryl/α,β-unsaturated/α-hetero) is 1. The number of carbonyl (C=O) groups is 2. The number of aryl methyl sites for hydroxylation is 2. The van der Waals surface area contributed by atoms with Gasteiger partial charge in [-0.2, -0.15) is 0 Å². The maximum Gasteiger partial charge on any atom is 0.253 e. The molecule has 1 amide bonds.